The quantitative estimate of drug-likeness (QED) is 0.406. The number of ether oxygens (including phenoxy) is 1. The van der Waals surface area contributed by atoms with Gasteiger partial charge in [-0.15, -0.1) is 0 Å². The Labute approximate surface area is 164 Å². The smallest absolute Gasteiger partial charge is 0.306 e. The van der Waals surface area contributed by atoms with Crippen molar-refractivity contribution in [1.29, 1.82) is 0 Å². The van der Waals surface area contributed by atoms with Crippen LogP contribution in [0.1, 0.15) is 34.7 Å². The molecular weight excluding hydrogens is 412 g/mol. The van der Waals surface area contributed by atoms with Gasteiger partial charge in [-0.1, -0.05) is 63.0 Å². The van der Waals surface area contributed by atoms with Gasteiger partial charge in [-0.05, 0) is 19.1 Å². The van der Waals surface area contributed by atoms with E-state index in [0.717, 1.165) is 15.6 Å². The molecule has 7 heteroatoms. The third kappa shape index (κ3) is 5.34. The molecule has 6 nitrogen and oxygen atoms in total. The first kappa shape index (κ1) is 19.0. The molecule has 3 aromatic rings. The topological polar surface area (TPSA) is 82.3 Å². The summed E-state index contributed by atoms with van der Waals surface area (Å²) in [6, 6.07) is 14.7. The molecule has 0 aliphatic heterocycles. The summed E-state index contributed by atoms with van der Waals surface area (Å²) in [4.78, 5) is 28.1. The number of aryl methyl sites for hydroxylation is 1. The molecule has 0 N–H and O–H groups in total. The van der Waals surface area contributed by atoms with Crippen LogP contribution in [0.2, 0.25) is 0 Å². The van der Waals surface area contributed by atoms with Gasteiger partial charge in [0.2, 0.25) is 5.82 Å². The number of benzene rings is 2. The maximum Gasteiger partial charge on any atom is 0.306 e. The lowest BCUT2D eigenvalue weighted by Gasteiger charge is -2.02. The molecule has 1 heterocycles. The number of rotatable bonds is 7. The molecule has 2 aromatic carbocycles. The Bertz CT molecular complexity index is 951. The van der Waals surface area contributed by atoms with Crippen molar-refractivity contribution in [2.45, 2.75) is 26.4 Å². The van der Waals surface area contributed by atoms with E-state index in [9.17, 15) is 9.59 Å². The fourth-order valence-corrected chi connectivity index (χ4v) is 2.77. The van der Waals surface area contributed by atoms with Crippen molar-refractivity contribution in [1.82, 2.24) is 10.1 Å². The number of esters is 1. The van der Waals surface area contributed by atoms with E-state index in [1.54, 1.807) is 12.1 Å². The summed E-state index contributed by atoms with van der Waals surface area (Å²) in [5, 5.41) is 3.87. The van der Waals surface area contributed by atoms with E-state index in [1.807, 2.05) is 43.3 Å². The van der Waals surface area contributed by atoms with Crippen LogP contribution in [0.5, 0.6) is 0 Å². The molecule has 0 fully saturated rings. The van der Waals surface area contributed by atoms with Crippen molar-refractivity contribution in [3.8, 4) is 11.4 Å². The number of nitrogens with zero attached hydrogens (tertiary/aromatic N) is 2. The summed E-state index contributed by atoms with van der Waals surface area (Å²) < 4.78 is 11.1. The van der Waals surface area contributed by atoms with Gasteiger partial charge in [0.25, 0.3) is 5.89 Å². The zero-order valence-electron chi connectivity index (χ0n) is 14.6. The van der Waals surface area contributed by atoms with Gasteiger partial charge in [-0.3, -0.25) is 9.59 Å². The summed E-state index contributed by atoms with van der Waals surface area (Å²) >= 11 is 3.38. The van der Waals surface area contributed by atoms with Gasteiger partial charge in [0.05, 0.1) is 6.42 Å². The molecule has 0 unspecified atom stereocenters. The zero-order valence-corrected chi connectivity index (χ0v) is 16.2. The Morgan fingerprint density at radius 3 is 2.63 bits per heavy atom. The van der Waals surface area contributed by atoms with E-state index in [2.05, 4.69) is 26.1 Å². The molecule has 0 aliphatic carbocycles. The summed E-state index contributed by atoms with van der Waals surface area (Å²) in [5.41, 5.74) is 2.45. The average Bonchev–Trinajstić information content (AvgIpc) is 3.14. The number of carbonyl (C=O) groups excluding carboxylic acids is 2. The lowest BCUT2D eigenvalue weighted by molar-refractivity contribution is -0.145. The molecule has 0 saturated heterocycles. The molecule has 3 rings (SSSR count). The number of aromatic nitrogens is 2. The van der Waals surface area contributed by atoms with E-state index in [1.165, 1.54) is 0 Å². The van der Waals surface area contributed by atoms with Gasteiger partial charge in [-0.25, -0.2) is 0 Å². The first-order valence-electron chi connectivity index (χ1n) is 8.35. The van der Waals surface area contributed by atoms with Gasteiger partial charge in [-0.2, -0.15) is 4.98 Å². The number of ketones is 1. The predicted molar refractivity (Wildman–Crippen MR) is 102 cm³/mol. The molecular formula is C20H17BrN2O4. The van der Waals surface area contributed by atoms with Crippen LogP contribution in [0.4, 0.5) is 0 Å². The Balaban J connectivity index is 1.48. The van der Waals surface area contributed by atoms with Crippen LogP contribution in [0, 0.1) is 6.92 Å². The highest BCUT2D eigenvalue weighted by Crippen LogP contribution is 2.20. The molecule has 0 bridgehead atoms. The average molecular weight is 429 g/mol. The van der Waals surface area contributed by atoms with Crippen LogP contribution >= 0.6 is 15.9 Å². The molecule has 0 radical (unpaired) electrons. The fraction of sp³-hybridized carbons (Fsp3) is 0.200. The first-order valence-corrected chi connectivity index (χ1v) is 9.14. The van der Waals surface area contributed by atoms with Gasteiger partial charge in [0.15, 0.2) is 12.4 Å². The second kappa shape index (κ2) is 8.73. The van der Waals surface area contributed by atoms with E-state index in [-0.39, 0.29) is 31.1 Å². The Kier molecular flexibility index (Phi) is 6.13. The summed E-state index contributed by atoms with van der Waals surface area (Å²) in [6.45, 7) is 1.82. The monoisotopic (exact) mass is 428 g/mol. The zero-order chi connectivity index (χ0) is 19.2. The normalized spacial score (nSPS) is 10.6. The number of hydrogen-bond donors (Lipinski definition) is 0. The van der Waals surface area contributed by atoms with Crippen LogP contribution in [0.3, 0.4) is 0 Å². The maximum atomic E-state index is 12.1. The lowest BCUT2D eigenvalue weighted by atomic mass is 10.1. The minimum atomic E-state index is -0.488. The second-order valence-corrected chi connectivity index (χ2v) is 6.89. The van der Waals surface area contributed by atoms with E-state index >= 15 is 0 Å². The van der Waals surface area contributed by atoms with Gasteiger partial charge < -0.3 is 9.26 Å². The first-order chi connectivity index (χ1) is 13.0. The standard InChI is InChI=1S/C20H17BrN2O4/c1-13-5-7-14(8-6-13)17(24)9-10-19(25)26-12-18-22-20(23-27-18)15-3-2-4-16(21)11-15/h2-8,11H,9-10,12H2,1H3. The Hall–Kier alpha value is -2.80. The lowest BCUT2D eigenvalue weighted by Crippen LogP contribution is -2.08. The second-order valence-electron chi connectivity index (χ2n) is 5.97. The summed E-state index contributed by atoms with van der Waals surface area (Å²) in [6.07, 6.45) is 0.0916. The van der Waals surface area contributed by atoms with Crippen LogP contribution in [0.25, 0.3) is 11.4 Å². The number of carbonyl (C=O) groups is 2. The predicted octanol–water partition coefficient (Wildman–Crippen LogP) is 4.51. The van der Waals surface area contributed by atoms with Crippen molar-refractivity contribution < 1.29 is 18.8 Å². The van der Waals surface area contributed by atoms with Crippen molar-refractivity contribution in [2.24, 2.45) is 0 Å². The van der Waals surface area contributed by atoms with E-state index in [4.69, 9.17) is 9.26 Å². The minimum Gasteiger partial charge on any atom is -0.456 e. The number of halogens is 1. The highest BCUT2D eigenvalue weighted by molar-refractivity contribution is 9.10. The molecule has 0 aliphatic rings. The van der Waals surface area contributed by atoms with Gasteiger partial charge in [0.1, 0.15) is 0 Å². The third-order valence-electron chi connectivity index (χ3n) is 3.84. The molecule has 0 atom stereocenters. The summed E-state index contributed by atoms with van der Waals surface area (Å²) in [7, 11) is 0. The van der Waals surface area contributed by atoms with Crippen LogP contribution < -0.4 is 0 Å². The third-order valence-corrected chi connectivity index (χ3v) is 4.33. The summed E-state index contributed by atoms with van der Waals surface area (Å²) in [5.74, 6) is 0.0273. The molecule has 138 valence electrons. The molecule has 0 saturated carbocycles. The Morgan fingerprint density at radius 1 is 1.11 bits per heavy atom. The highest BCUT2D eigenvalue weighted by atomic mass is 79.9. The maximum absolute atomic E-state index is 12.1. The SMILES string of the molecule is Cc1ccc(C(=O)CCC(=O)OCc2nc(-c3cccc(Br)c3)no2)cc1. The molecule has 0 spiro atoms. The fourth-order valence-electron chi connectivity index (χ4n) is 2.37. The highest BCUT2D eigenvalue weighted by Gasteiger charge is 2.13. The largest absolute Gasteiger partial charge is 0.456 e. The van der Waals surface area contributed by atoms with Crippen LogP contribution in [0.15, 0.2) is 57.5 Å². The van der Waals surface area contributed by atoms with Crippen molar-refractivity contribution in [2.75, 3.05) is 0 Å². The van der Waals surface area contributed by atoms with Crippen molar-refractivity contribution in [3.05, 3.63) is 70.0 Å². The van der Waals surface area contributed by atoms with Crippen molar-refractivity contribution in [3.63, 3.8) is 0 Å². The van der Waals surface area contributed by atoms with Crippen LogP contribution in [-0.2, 0) is 16.1 Å². The van der Waals surface area contributed by atoms with Crippen LogP contribution in [-0.4, -0.2) is 21.9 Å². The number of hydrogen-bond acceptors (Lipinski definition) is 6. The van der Waals surface area contributed by atoms with E-state index in [0.29, 0.717) is 11.4 Å². The molecule has 0 amide bonds. The minimum absolute atomic E-state index is 0.000659. The molecule has 27 heavy (non-hydrogen) atoms. The van der Waals surface area contributed by atoms with Gasteiger partial charge >= 0.3 is 5.97 Å². The van der Waals surface area contributed by atoms with Gasteiger partial charge in [0, 0.05) is 22.0 Å². The Morgan fingerprint density at radius 2 is 1.89 bits per heavy atom. The van der Waals surface area contributed by atoms with E-state index < -0.39 is 5.97 Å². The number of Topliss-reactive ketones (excluding diaryl/α,β-unsaturated/α-hetero) is 1. The van der Waals surface area contributed by atoms with Crippen molar-refractivity contribution >= 4 is 27.7 Å². The molecule has 1 aromatic heterocycles.